The number of Topliss-reactive ketones (excluding diaryl/α,β-unsaturated/α-hetero) is 1. The van der Waals surface area contributed by atoms with E-state index in [9.17, 15) is 43.7 Å². The Hall–Kier alpha value is -1.60. The van der Waals surface area contributed by atoms with Crippen molar-refractivity contribution in [3.8, 4) is 5.75 Å². The number of fused-ring (bicyclic) bond motifs is 1. The highest BCUT2D eigenvalue weighted by Gasteiger charge is 2.81. The third-order valence-electron chi connectivity index (χ3n) is 9.54. The lowest BCUT2D eigenvalue weighted by Crippen LogP contribution is -2.65. The van der Waals surface area contributed by atoms with E-state index in [-0.39, 0.29) is 28.8 Å². The summed E-state index contributed by atoms with van der Waals surface area (Å²) in [6, 6.07) is 4.87. The SMILES string of the molecule is COc1ccc(C(=O)C([S+]2CCOCC2)C(C)(C)CC2CC3CCCCC3CN2S(=O)(=O)C(F)(F)C(F)(F)C(F)(F)S(=O)(=O)[O-])cc1. The second kappa shape index (κ2) is 13.6. The van der Waals surface area contributed by atoms with Crippen molar-refractivity contribution in [3.05, 3.63) is 29.8 Å². The van der Waals surface area contributed by atoms with Crippen LogP contribution in [0.5, 0.6) is 5.75 Å². The summed E-state index contributed by atoms with van der Waals surface area (Å²) in [6.07, 6.45) is 2.00. The third-order valence-corrected chi connectivity index (χ3v) is 15.3. The van der Waals surface area contributed by atoms with Gasteiger partial charge in [-0.05, 0) is 55.4 Å². The Kier molecular flexibility index (Phi) is 11.1. The quantitative estimate of drug-likeness (QED) is 0.128. The van der Waals surface area contributed by atoms with Crippen molar-refractivity contribution in [3.63, 3.8) is 0 Å². The van der Waals surface area contributed by atoms with Gasteiger partial charge in [0, 0.05) is 34.5 Å². The van der Waals surface area contributed by atoms with Crippen LogP contribution in [0.2, 0.25) is 0 Å². The number of hydrogen-bond donors (Lipinski definition) is 0. The van der Waals surface area contributed by atoms with E-state index in [1.807, 2.05) is 0 Å². The lowest BCUT2D eigenvalue weighted by molar-refractivity contribution is -0.247. The Balaban J connectivity index is 1.76. The van der Waals surface area contributed by atoms with E-state index in [2.05, 4.69) is 0 Å². The van der Waals surface area contributed by atoms with Crippen LogP contribution in [0, 0.1) is 17.3 Å². The van der Waals surface area contributed by atoms with Crippen LogP contribution >= 0.6 is 0 Å². The summed E-state index contributed by atoms with van der Waals surface area (Å²) in [5.41, 5.74) is -0.826. The van der Waals surface area contributed by atoms with Gasteiger partial charge in [0.25, 0.3) is 10.0 Å². The first kappa shape index (κ1) is 38.2. The number of piperidine rings is 1. The standard InChI is InChI=1S/C29H39F6NO8S3/c1-26(2,25(45-14-12-44-13-15-45)24(37)19-8-10-23(43-3)11-9-19)17-22-16-20-6-4-5-7-21(20)18-36(22)46(38,39)28(32,33)27(30,31)29(34,35)47(40,41)42/h8-11,20-22,25H,4-7,12-18H2,1-3H3. The first-order chi connectivity index (χ1) is 21.6. The molecule has 1 aromatic carbocycles. The predicted molar refractivity (Wildman–Crippen MR) is 161 cm³/mol. The fourth-order valence-corrected chi connectivity index (χ4v) is 12.1. The summed E-state index contributed by atoms with van der Waals surface area (Å²) in [6.45, 7) is 3.31. The highest BCUT2D eigenvalue weighted by atomic mass is 32.2. The number of ether oxygens (including phenoxy) is 2. The Labute approximate surface area is 273 Å². The van der Waals surface area contributed by atoms with Gasteiger partial charge in [-0.15, -0.1) is 0 Å². The molecule has 18 heteroatoms. The van der Waals surface area contributed by atoms with Crippen LogP contribution in [0.25, 0.3) is 0 Å². The highest BCUT2D eigenvalue weighted by molar-refractivity contribution is 7.98. The molecular formula is C29H39F6NO8S3. The maximum atomic E-state index is 15.3. The number of sulfonamides is 1. The zero-order chi connectivity index (χ0) is 35.2. The van der Waals surface area contributed by atoms with Gasteiger partial charge in [0.2, 0.25) is 5.78 Å². The number of carbonyl (C=O) groups is 1. The molecule has 0 N–H and O–H groups in total. The number of ketones is 1. The largest absolute Gasteiger partial charge is 0.743 e. The molecule has 268 valence electrons. The van der Waals surface area contributed by atoms with Crippen molar-refractivity contribution in [1.82, 2.24) is 4.31 Å². The summed E-state index contributed by atoms with van der Waals surface area (Å²) >= 11 is 0. The van der Waals surface area contributed by atoms with Gasteiger partial charge in [0.1, 0.15) is 17.3 Å². The first-order valence-electron chi connectivity index (χ1n) is 15.1. The molecule has 3 aliphatic rings. The highest BCUT2D eigenvalue weighted by Crippen LogP contribution is 2.53. The van der Waals surface area contributed by atoms with Gasteiger partial charge in [-0.2, -0.15) is 30.6 Å². The minimum Gasteiger partial charge on any atom is -0.743 e. The van der Waals surface area contributed by atoms with Gasteiger partial charge < -0.3 is 14.0 Å². The van der Waals surface area contributed by atoms with E-state index in [0.29, 0.717) is 55.3 Å². The molecule has 4 atom stereocenters. The number of nitrogens with zero attached hydrogens (tertiary/aromatic N) is 1. The van der Waals surface area contributed by atoms with Crippen LogP contribution in [-0.2, 0) is 35.8 Å². The average molecular weight is 740 g/mol. The zero-order valence-corrected chi connectivity index (χ0v) is 28.6. The Morgan fingerprint density at radius 1 is 0.979 bits per heavy atom. The smallest absolute Gasteiger partial charge is 0.428 e. The number of methoxy groups -OCH3 is 1. The average Bonchev–Trinajstić information content (AvgIpc) is 3.00. The van der Waals surface area contributed by atoms with E-state index < -0.39 is 76.6 Å². The van der Waals surface area contributed by atoms with E-state index >= 15 is 8.78 Å². The summed E-state index contributed by atoms with van der Waals surface area (Å²) in [5, 5.41) is -14.4. The third kappa shape index (κ3) is 7.05. The van der Waals surface area contributed by atoms with Gasteiger partial charge in [0.05, 0.1) is 20.3 Å². The van der Waals surface area contributed by atoms with E-state index in [0.717, 1.165) is 6.42 Å². The van der Waals surface area contributed by atoms with E-state index in [1.54, 1.807) is 38.1 Å². The van der Waals surface area contributed by atoms with Gasteiger partial charge >= 0.3 is 16.4 Å². The molecule has 4 rings (SSSR count). The van der Waals surface area contributed by atoms with Crippen LogP contribution in [0.1, 0.15) is 62.7 Å². The zero-order valence-electron chi connectivity index (χ0n) is 26.1. The molecule has 2 saturated heterocycles. The molecule has 0 amide bonds. The summed E-state index contributed by atoms with van der Waals surface area (Å²) in [5.74, 6) is -6.67. The van der Waals surface area contributed by atoms with Gasteiger partial charge in [0.15, 0.2) is 15.4 Å². The summed E-state index contributed by atoms with van der Waals surface area (Å²) < 4.78 is 159. The maximum Gasteiger partial charge on any atom is 0.428 e. The summed E-state index contributed by atoms with van der Waals surface area (Å²) in [4.78, 5) is 14.1. The lowest BCUT2D eigenvalue weighted by Gasteiger charge is -2.49. The van der Waals surface area contributed by atoms with Gasteiger partial charge in [-0.1, -0.05) is 33.1 Å². The van der Waals surface area contributed by atoms with Crippen LogP contribution < -0.4 is 4.74 Å². The number of benzene rings is 1. The molecule has 2 heterocycles. The van der Waals surface area contributed by atoms with Gasteiger partial charge in [-0.25, -0.2) is 16.8 Å². The fourth-order valence-electron chi connectivity index (χ4n) is 7.15. The Morgan fingerprint density at radius 3 is 2.06 bits per heavy atom. The topological polar surface area (TPSA) is 130 Å². The number of hydrogen-bond acceptors (Lipinski definition) is 8. The number of rotatable bonds is 12. The molecule has 0 spiro atoms. The fraction of sp³-hybridized carbons (Fsp3) is 0.759. The van der Waals surface area contributed by atoms with Crippen LogP contribution in [0.4, 0.5) is 26.3 Å². The van der Waals surface area contributed by atoms with Crippen LogP contribution in [0.3, 0.4) is 0 Å². The molecule has 9 nitrogen and oxygen atoms in total. The second-order valence-electron chi connectivity index (χ2n) is 13.1. The minimum absolute atomic E-state index is 0.0639. The molecule has 1 aromatic rings. The Bertz CT molecular complexity index is 1500. The van der Waals surface area contributed by atoms with Crippen molar-refractivity contribution in [2.24, 2.45) is 17.3 Å². The normalized spacial score (nSPS) is 25.2. The monoisotopic (exact) mass is 739 g/mol. The lowest BCUT2D eigenvalue weighted by atomic mass is 9.70. The number of carbonyl (C=O) groups excluding carboxylic acids is 1. The first-order valence-corrected chi connectivity index (χ1v) is 19.6. The van der Waals surface area contributed by atoms with Crippen LogP contribution in [-0.4, -0.2) is 97.6 Å². The van der Waals surface area contributed by atoms with Crippen molar-refractivity contribution < 1.29 is 62.0 Å². The van der Waals surface area contributed by atoms with Gasteiger partial charge in [-0.3, -0.25) is 4.79 Å². The van der Waals surface area contributed by atoms with Crippen molar-refractivity contribution in [2.45, 2.75) is 80.1 Å². The van der Waals surface area contributed by atoms with Crippen LogP contribution in [0.15, 0.2) is 24.3 Å². The van der Waals surface area contributed by atoms with E-state index in [1.165, 1.54) is 7.11 Å². The predicted octanol–water partition coefficient (Wildman–Crippen LogP) is 4.89. The molecule has 3 fully saturated rings. The molecule has 1 aliphatic carbocycles. The van der Waals surface area contributed by atoms with Crippen molar-refractivity contribution >= 4 is 36.8 Å². The number of alkyl halides is 6. The molecule has 0 aromatic heterocycles. The minimum atomic E-state index is -7.41. The van der Waals surface area contributed by atoms with Crippen molar-refractivity contribution in [1.29, 1.82) is 0 Å². The Morgan fingerprint density at radius 2 is 1.53 bits per heavy atom. The molecule has 47 heavy (non-hydrogen) atoms. The summed E-state index contributed by atoms with van der Waals surface area (Å²) in [7, 11) is -13.3. The molecule has 1 saturated carbocycles. The van der Waals surface area contributed by atoms with E-state index in [4.69, 9.17) is 9.47 Å². The maximum absolute atomic E-state index is 15.3. The number of halogens is 6. The molecule has 0 radical (unpaired) electrons. The van der Waals surface area contributed by atoms with Crippen molar-refractivity contribution in [2.75, 3.05) is 38.4 Å². The molecule has 4 unspecified atom stereocenters. The molecular weight excluding hydrogens is 701 g/mol. The second-order valence-corrected chi connectivity index (χ2v) is 18.8. The molecule has 2 aliphatic heterocycles. The molecule has 0 bridgehead atoms.